The lowest BCUT2D eigenvalue weighted by Gasteiger charge is -2.28. The molecule has 3 heterocycles. The highest BCUT2D eigenvalue weighted by atomic mass is 19.4. The molecule has 0 aliphatic carbocycles. The van der Waals surface area contributed by atoms with E-state index < -0.39 is 11.7 Å². The van der Waals surface area contributed by atoms with Gasteiger partial charge < -0.3 is 0 Å². The Kier molecular flexibility index (Phi) is 3.01. The van der Waals surface area contributed by atoms with E-state index in [0.717, 1.165) is 23.2 Å². The van der Waals surface area contributed by atoms with E-state index in [1.165, 1.54) is 6.07 Å². The topological polar surface area (TPSA) is 45.8 Å². The van der Waals surface area contributed by atoms with Crippen molar-refractivity contribution in [2.45, 2.75) is 6.18 Å². The minimum Gasteiger partial charge on any atom is -0.294 e. The minimum atomic E-state index is -4.42. The van der Waals surface area contributed by atoms with Gasteiger partial charge in [-0.2, -0.15) is 13.2 Å². The minimum absolute atomic E-state index is 0.268. The average molecular weight is 355 g/mol. The zero-order chi connectivity index (χ0) is 17.9. The van der Waals surface area contributed by atoms with Crippen LogP contribution in [-0.4, -0.2) is 39.3 Å². The van der Waals surface area contributed by atoms with Crippen molar-refractivity contribution in [3.63, 3.8) is 0 Å². The molecule has 0 bridgehead atoms. The lowest BCUT2D eigenvalue weighted by Crippen LogP contribution is -2.41. The molecule has 0 atom stereocenters. The first-order valence-electron chi connectivity index (χ1n) is 8.07. The Balaban J connectivity index is 1.74. The molecule has 1 aromatic heterocycles. The molecule has 3 aromatic rings. The number of aromatic nitrogens is 2. The van der Waals surface area contributed by atoms with E-state index in [1.807, 2.05) is 29.2 Å². The van der Waals surface area contributed by atoms with Crippen molar-refractivity contribution in [1.82, 2.24) is 14.5 Å². The molecule has 2 aliphatic rings. The predicted molar refractivity (Wildman–Crippen MR) is 91.8 cm³/mol. The van der Waals surface area contributed by atoms with Crippen molar-refractivity contribution in [1.29, 1.82) is 0 Å². The van der Waals surface area contributed by atoms with Crippen LogP contribution in [0.2, 0.25) is 0 Å². The Morgan fingerprint density at radius 3 is 2.73 bits per heavy atom. The van der Waals surface area contributed by atoms with Crippen LogP contribution in [0.4, 0.5) is 18.9 Å². The van der Waals surface area contributed by atoms with Gasteiger partial charge in [-0.3, -0.25) is 14.5 Å². The highest BCUT2D eigenvalue weighted by Crippen LogP contribution is 2.36. The lowest BCUT2D eigenvalue weighted by atomic mass is 10.1. The Morgan fingerprint density at radius 2 is 1.88 bits per heavy atom. The summed E-state index contributed by atoms with van der Waals surface area (Å²) in [5.41, 5.74) is 1.80. The summed E-state index contributed by atoms with van der Waals surface area (Å²) in [6.45, 7) is 1.20. The van der Waals surface area contributed by atoms with Gasteiger partial charge in [0.05, 0.1) is 28.8 Å². The number of para-hydroxylation sites is 2. The first-order chi connectivity index (χ1) is 12.5. The second-order valence-corrected chi connectivity index (χ2v) is 6.10. The van der Waals surface area contributed by atoms with Crippen LogP contribution in [0.1, 0.15) is 11.1 Å². The Morgan fingerprint density at radius 1 is 1.04 bits per heavy atom. The number of benzene rings is 2. The van der Waals surface area contributed by atoms with Gasteiger partial charge in [-0.05, 0) is 30.3 Å². The molecule has 2 aromatic carbocycles. The second-order valence-electron chi connectivity index (χ2n) is 6.10. The third kappa shape index (κ3) is 2.15. The van der Waals surface area contributed by atoms with Crippen LogP contribution in [0, 0.1) is 0 Å². The van der Waals surface area contributed by atoms with E-state index in [-0.39, 0.29) is 5.69 Å². The number of rotatable bonds is 0. The van der Waals surface area contributed by atoms with Crippen LogP contribution in [-0.2, 0) is 6.18 Å². The van der Waals surface area contributed by atoms with Gasteiger partial charge in [0.2, 0.25) is 5.96 Å². The predicted octanol–water partition coefficient (Wildman–Crippen LogP) is 3.67. The van der Waals surface area contributed by atoms with Gasteiger partial charge in [0, 0.05) is 12.1 Å². The van der Waals surface area contributed by atoms with Gasteiger partial charge >= 0.3 is 6.18 Å². The molecule has 26 heavy (non-hydrogen) atoms. The number of halogens is 3. The summed E-state index contributed by atoms with van der Waals surface area (Å²) in [7, 11) is 0. The van der Waals surface area contributed by atoms with Crippen molar-refractivity contribution >= 4 is 28.5 Å². The third-order valence-electron chi connectivity index (χ3n) is 4.54. The van der Waals surface area contributed by atoms with E-state index >= 15 is 0 Å². The number of amidine groups is 1. The number of alkyl halides is 3. The van der Waals surface area contributed by atoms with E-state index in [0.29, 0.717) is 30.4 Å². The maximum Gasteiger partial charge on any atom is 0.416 e. The van der Waals surface area contributed by atoms with Gasteiger partial charge in [0.15, 0.2) is 0 Å². The highest BCUT2D eigenvalue weighted by molar-refractivity contribution is 6.17. The summed E-state index contributed by atoms with van der Waals surface area (Å²) < 4.78 is 41.1. The van der Waals surface area contributed by atoms with Crippen molar-refractivity contribution in [3.8, 4) is 0 Å². The molecule has 0 spiro atoms. The van der Waals surface area contributed by atoms with Crippen molar-refractivity contribution in [3.05, 3.63) is 59.9 Å². The van der Waals surface area contributed by atoms with Crippen LogP contribution >= 0.6 is 0 Å². The molecule has 130 valence electrons. The number of nitrogens with zero attached hydrogens (tertiary/aromatic N) is 5. The third-order valence-corrected chi connectivity index (χ3v) is 4.54. The lowest BCUT2D eigenvalue weighted by molar-refractivity contribution is -0.137. The molecule has 0 fully saturated rings. The van der Waals surface area contributed by atoms with E-state index in [4.69, 9.17) is 0 Å². The molecule has 5 nitrogen and oxygen atoms in total. The second kappa shape index (κ2) is 5.17. The Hall–Kier alpha value is -3.16. The standard InChI is InChI=1S/C18H12F3N5/c19-18(20,21)11-5-6-12-14(9-11)24-17(25-8-7-22-16(12)25)26-10-23-13-3-1-2-4-15(13)26/h1-6,9-10H,7-8H2. The molecule has 0 radical (unpaired) electrons. The summed E-state index contributed by atoms with van der Waals surface area (Å²) in [4.78, 5) is 15.3. The summed E-state index contributed by atoms with van der Waals surface area (Å²) >= 11 is 0. The molecule has 5 rings (SSSR count). The van der Waals surface area contributed by atoms with Crippen LogP contribution in [0.15, 0.2) is 58.8 Å². The summed E-state index contributed by atoms with van der Waals surface area (Å²) in [6.07, 6.45) is -2.78. The summed E-state index contributed by atoms with van der Waals surface area (Å²) in [6, 6.07) is 11.1. The quantitative estimate of drug-likeness (QED) is 0.618. The van der Waals surface area contributed by atoms with Gasteiger partial charge in [-0.15, -0.1) is 0 Å². The van der Waals surface area contributed by atoms with E-state index in [1.54, 1.807) is 10.9 Å². The fourth-order valence-electron chi connectivity index (χ4n) is 3.33. The number of aliphatic imine (C=N–C) groups is 2. The van der Waals surface area contributed by atoms with Gasteiger partial charge in [0.25, 0.3) is 0 Å². The van der Waals surface area contributed by atoms with Crippen LogP contribution in [0.25, 0.3) is 11.0 Å². The van der Waals surface area contributed by atoms with E-state index in [2.05, 4.69) is 15.0 Å². The Labute approximate surface area is 146 Å². The van der Waals surface area contributed by atoms with Gasteiger partial charge in [-0.1, -0.05) is 12.1 Å². The molecule has 0 saturated heterocycles. The van der Waals surface area contributed by atoms with Gasteiger partial charge in [-0.25, -0.2) is 9.98 Å². The largest absolute Gasteiger partial charge is 0.416 e. The molecule has 2 aliphatic heterocycles. The van der Waals surface area contributed by atoms with Crippen LogP contribution in [0.5, 0.6) is 0 Å². The average Bonchev–Trinajstić information content (AvgIpc) is 3.27. The van der Waals surface area contributed by atoms with Crippen molar-refractivity contribution < 1.29 is 13.2 Å². The van der Waals surface area contributed by atoms with Crippen molar-refractivity contribution in [2.24, 2.45) is 9.98 Å². The first kappa shape index (κ1) is 15.1. The molecule has 0 saturated carbocycles. The van der Waals surface area contributed by atoms with E-state index in [9.17, 15) is 13.2 Å². The highest BCUT2D eigenvalue weighted by Gasteiger charge is 2.35. The molecule has 8 heteroatoms. The fraction of sp³-hybridized carbons (Fsp3) is 0.167. The number of imidazole rings is 1. The normalized spacial score (nSPS) is 16.3. The molecular weight excluding hydrogens is 343 g/mol. The maximum absolute atomic E-state index is 13.1. The van der Waals surface area contributed by atoms with Crippen LogP contribution < -0.4 is 0 Å². The van der Waals surface area contributed by atoms with Crippen LogP contribution in [0.3, 0.4) is 0 Å². The SMILES string of the molecule is FC(F)(F)c1ccc2c(c1)N=C(n1cnc3ccccc31)N1CCN=C21. The molecular formula is C18H12F3N5. The zero-order valence-electron chi connectivity index (χ0n) is 13.4. The smallest absolute Gasteiger partial charge is 0.294 e. The summed E-state index contributed by atoms with van der Waals surface area (Å²) in [5, 5.41) is 0. The molecule has 0 unspecified atom stereocenters. The molecule has 0 N–H and O–H groups in total. The zero-order valence-corrected chi connectivity index (χ0v) is 13.4. The summed E-state index contributed by atoms with van der Waals surface area (Å²) in [5.74, 6) is 1.17. The maximum atomic E-state index is 13.1. The molecule has 0 amide bonds. The first-order valence-corrected chi connectivity index (χ1v) is 8.07. The Bertz CT molecular complexity index is 1090. The van der Waals surface area contributed by atoms with Crippen molar-refractivity contribution in [2.75, 3.05) is 13.1 Å². The number of hydrogen-bond acceptors (Lipinski definition) is 4. The number of fused-ring (bicyclic) bond motifs is 4. The fourth-order valence-corrected chi connectivity index (χ4v) is 3.33. The number of hydrogen-bond donors (Lipinski definition) is 0. The monoisotopic (exact) mass is 355 g/mol. The van der Waals surface area contributed by atoms with Gasteiger partial charge in [0.1, 0.15) is 12.2 Å².